The van der Waals surface area contributed by atoms with Crippen LogP contribution < -0.4 is 21.1 Å². The van der Waals surface area contributed by atoms with Crippen LogP contribution in [0.3, 0.4) is 0 Å². The number of anilines is 3. The molecule has 1 aliphatic rings. The summed E-state index contributed by atoms with van der Waals surface area (Å²) in [7, 11) is 1.29. The lowest BCUT2D eigenvalue weighted by Gasteiger charge is -2.25. The van der Waals surface area contributed by atoms with Crippen molar-refractivity contribution in [3.05, 3.63) is 76.6 Å². The van der Waals surface area contributed by atoms with E-state index in [0.717, 1.165) is 6.07 Å². The zero-order chi connectivity index (χ0) is 28.2. The van der Waals surface area contributed by atoms with Crippen LogP contribution in [0, 0.1) is 5.41 Å². The van der Waals surface area contributed by atoms with Gasteiger partial charge < -0.3 is 25.8 Å². The van der Waals surface area contributed by atoms with Gasteiger partial charge in [-0.15, -0.1) is 0 Å². The van der Waals surface area contributed by atoms with E-state index < -0.39 is 17.2 Å². The lowest BCUT2D eigenvalue weighted by atomic mass is 9.80. The van der Waals surface area contributed by atoms with Gasteiger partial charge in [0.2, 0.25) is 5.91 Å². The molecule has 39 heavy (non-hydrogen) atoms. The molecule has 2 aromatic carbocycles. The maximum atomic E-state index is 13.5. The second kappa shape index (κ2) is 11.5. The Bertz CT molecular complexity index is 1380. The second-order valence-electron chi connectivity index (χ2n) is 9.21. The van der Waals surface area contributed by atoms with Crippen molar-refractivity contribution in [1.82, 2.24) is 10.3 Å². The Morgan fingerprint density at radius 1 is 1.18 bits per heavy atom. The summed E-state index contributed by atoms with van der Waals surface area (Å²) in [6.45, 7) is 0.465. The number of nitrogen functional groups attached to an aromatic ring is 1. The van der Waals surface area contributed by atoms with Crippen LogP contribution in [0.2, 0.25) is 5.02 Å². The number of methoxy groups -OCH3 is 1. The maximum Gasteiger partial charge on any atom is 0.418 e. The number of ketones is 1. The zero-order valence-electron chi connectivity index (χ0n) is 20.9. The van der Waals surface area contributed by atoms with Crippen molar-refractivity contribution in [3.8, 4) is 5.75 Å². The number of pyridine rings is 1. The van der Waals surface area contributed by atoms with Crippen molar-refractivity contribution in [2.24, 2.45) is 5.41 Å². The van der Waals surface area contributed by atoms with Gasteiger partial charge in [0.05, 0.1) is 36.1 Å². The number of alkyl halides is 3. The van der Waals surface area contributed by atoms with Crippen molar-refractivity contribution >= 4 is 40.4 Å². The highest BCUT2D eigenvalue weighted by molar-refractivity contribution is 6.31. The van der Waals surface area contributed by atoms with Gasteiger partial charge in [0.15, 0.2) is 5.78 Å². The molecule has 0 aliphatic carbocycles. The predicted molar refractivity (Wildman–Crippen MR) is 140 cm³/mol. The lowest BCUT2D eigenvalue weighted by Crippen LogP contribution is -2.42. The number of halogens is 4. The molecule has 4 N–H and O–H groups in total. The van der Waals surface area contributed by atoms with E-state index in [1.165, 1.54) is 43.8 Å². The molecule has 1 aromatic heterocycles. The summed E-state index contributed by atoms with van der Waals surface area (Å²) in [5, 5.41) is 5.80. The van der Waals surface area contributed by atoms with Gasteiger partial charge >= 0.3 is 6.18 Å². The average Bonchev–Trinajstić information content (AvgIpc) is 3.37. The van der Waals surface area contributed by atoms with Crippen LogP contribution in [0.1, 0.15) is 34.3 Å². The highest BCUT2D eigenvalue weighted by Gasteiger charge is 2.44. The lowest BCUT2D eigenvalue weighted by molar-refractivity contribution is -0.137. The number of aromatic nitrogens is 1. The number of ether oxygens (including phenoxy) is 2. The molecular formula is C27H26ClF3N4O4. The molecule has 0 saturated carbocycles. The van der Waals surface area contributed by atoms with Gasteiger partial charge in [-0.2, -0.15) is 13.2 Å². The molecule has 1 atom stereocenters. The van der Waals surface area contributed by atoms with Gasteiger partial charge in [-0.1, -0.05) is 17.7 Å². The van der Waals surface area contributed by atoms with E-state index in [1.54, 1.807) is 12.1 Å². The van der Waals surface area contributed by atoms with Crippen LogP contribution >= 0.6 is 11.6 Å². The Kier molecular flexibility index (Phi) is 8.31. The van der Waals surface area contributed by atoms with Gasteiger partial charge in [-0.3, -0.25) is 14.6 Å². The van der Waals surface area contributed by atoms with E-state index in [9.17, 15) is 22.8 Å². The van der Waals surface area contributed by atoms with Gasteiger partial charge in [-0.25, -0.2) is 0 Å². The van der Waals surface area contributed by atoms with Crippen molar-refractivity contribution in [1.29, 1.82) is 0 Å². The molecule has 1 amide bonds. The molecule has 4 rings (SSSR count). The van der Waals surface area contributed by atoms with Crippen molar-refractivity contribution in [2.75, 3.05) is 31.4 Å². The van der Waals surface area contributed by atoms with Crippen LogP contribution in [0.5, 0.6) is 5.75 Å². The Morgan fingerprint density at radius 2 is 1.97 bits per heavy atom. The summed E-state index contributed by atoms with van der Waals surface area (Å²) in [6.07, 6.45) is -1.49. The number of nitrogens with zero attached hydrogens (tertiary/aromatic N) is 1. The molecule has 1 fully saturated rings. The molecule has 1 saturated heterocycles. The number of carbonyl (C=O) groups is 2. The number of nitrogens with one attached hydrogen (secondary N) is 2. The molecule has 2 heterocycles. The van der Waals surface area contributed by atoms with Crippen molar-refractivity contribution < 1.29 is 32.2 Å². The molecule has 0 radical (unpaired) electrons. The van der Waals surface area contributed by atoms with Crippen LogP contribution in [-0.2, 0) is 22.3 Å². The quantitative estimate of drug-likeness (QED) is 0.300. The summed E-state index contributed by atoms with van der Waals surface area (Å²) < 4.78 is 51.0. The largest absolute Gasteiger partial charge is 0.497 e. The SMILES string of the molecule is COc1ccc(Nc2ccc(CNC(=O)[C@]3(CC(=O)c4cncc(N)c4)CCOC3)c(Cl)c2)c(C(F)(F)F)c1. The van der Waals surface area contributed by atoms with Crippen molar-refractivity contribution in [3.63, 3.8) is 0 Å². The Labute approximate surface area is 227 Å². The van der Waals surface area contributed by atoms with Crippen molar-refractivity contribution in [2.45, 2.75) is 25.6 Å². The first-order valence-electron chi connectivity index (χ1n) is 11.9. The molecule has 12 heteroatoms. The molecule has 0 bridgehead atoms. The van der Waals surface area contributed by atoms with Gasteiger partial charge in [0.25, 0.3) is 0 Å². The summed E-state index contributed by atoms with van der Waals surface area (Å²) >= 11 is 6.40. The summed E-state index contributed by atoms with van der Waals surface area (Å²) in [4.78, 5) is 30.0. The first-order chi connectivity index (χ1) is 18.5. The number of benzene rings is 2. The topological polar surface area (TPSA) is 116 Å². The summed E-state index contributed by atoms with van der Waals surface area (Å²) in [6, 6.07) is 9.73. The minimum Gasteiger partial charge on any atom is -0.497 e. The van der Waals surface area contributed by atoms with E-state index in [1.807, 2.05) is 0 Å². The minimum atomic E-state index is -4.60. The number of amides is 1. The normalized spacial score (nSPS) is 17.1. The number of Topliss-reactive ketones (excluding diaryl/α,β-unsaturated/α-hetero) is 1. The molecule has 3 aromatic rings. The monoisotopic (exact) mass is 562 g/mol. The van der Waals surface area contributed by atoms with Gasteiger partial charge in [0.1, 0.15) is 5.75 Å². The van der Waals surface area contributed by atoms with Crippen LogP contribution in [0.25, 0.3) is 0 Å². The molecule has 1 aliphatic heterocycles. The molecule has 0 unspecified atom stereocenters. The Morgan fingerprint density at radius 3 is 2.62 bits per heavy atom. The predicted octanol–water partition coefficient (Wildman–Crippen LogP) is 5.38. The fourth-order valence-corrected chi connectivity index (χ4v) is 4.55. The first kappa shape index (κ1) is 28.2. The Balaban J connectivity index is 1.45. The third kappa shape index (κ3) is 6.61. The van der Waals surface area contributed by atoms with Crippen LogP contribution in [-0.4, -0.2) is 37.0 Å². The number of hydrogen-bond donors (Lipinski definition) is 3. The standard InChI is InChI=1S/C27H26ClF3N4O4/c1-38-20-4-5-23(21(10-20)27(29,30)31)35-19-3-2-16(22(28)9-19)13-34-25(37)26(6-7-39-15-26)11-24(36)17-8-18(32)14-33-12-17/h2-5,8-10,12,14,35H,6-7,11,13,15,32H2,1H3,(H,34,37)/t26-/m0/s1. The number of carbonyl (C=O) groups excluding carboxylic acids is 2. The first-order valence-corrected chi connectivity index (χ1v) is 12.3. The average molecular weight is 563 g/mol. The zero-order valence-corrected chi connectivity index (χ0v) is 21.7. The van der Waals surface area contributed by atoms with E-state index in [0.29, 0.717) is 35.5 Å². The minimum absolute atomic E-state index is 0.0457. The summed E-state index contributed by atoms with van der Waals surface area (Å²) in [5.41, 5.74) is 5.14. The highest BCUT2D eigenvalue weighted by atomic mass is 35.5. The maximum absolute atomic E-state index is 13.5. The summed E-state index contributed by atoms with van der Waals surface area (Å²) in [5.74, 6) is -0.564. The van der Waals surface area contributed by atoms with Gasteiger partial charge in [0, 0.05) is 48.2 Å². The van der Waals surface area contributed by atoms with E-state index in [-0.39, 0.29) is 47.7 Å². The molecular weight excluding hydrogens is 537 g/mol. The van der Waals surface area contributed by atoms with E-state index in [4.69, 9.17) is 26.8 Å². The number of nitrogens with two attached hydrogens (primary N) is 1. The van der Waals surface area contributed by atoms with E-state index >= 15 is 0 Å². The highest BCUT2D eigenvalue weighted by Crippen LogP contribution is 2.39. The fraction of sp³-hybridized carbons (Fsp3) is 0.296. The smallest absolute Gasteiger partial charge is 0.418 e. The van der Waals surface area contributed by atoms with Crippen LogP contribution in [0.15, 0.2) is 54.9 Å². The third-order valence-corrected chi connectivity index (χ3v) is 6.82. The number of rotatable bonds is 9. The van der Waals surface area contributed by atoms with Gasteiger partial charge in [-0.05, 0) is 48.4 Å². The number of hydrogen-bond acceptors (Lipinski definition) is 7. The Hall–Kier alpha value is -3.83. The second-order valence-corrected chi connectivity index (χ2v) is 9.62. The third-order valence-electron chi connectivity index (χ3n) is 6.47. The molecule has 206 valence electrons. The van der Waals surface area contributed by atoms with Crippen LogP contribution in [0.4, 0.5) is 30.2 Å². The molecule has 8 nitrogen and oxygen atoms in total. The molecule has 0 spiro atoms. The van der Waals surface area contributed by atoms with E-state index in [2.05, 4.69) is 15.6 Å². The fourth-order valence-electron chi connectivity index (χ4n) is 4.31.